The van der Waals surface area contributed by atoms with Crippen molar-refractivity contribution in [2.24, 2.45) is 5.92 Å². The van der Waals surface area contributed by atoms with Crippen LogP contribution in [-0.4, -0.2) is 79.5 Å². The number of carbonyl (C=O) groups is 3. The SMILES string of the molecule is C=O.CC(C)CCNC(=O)c1cccc(N2CCN(C(C)C)CC2)n1.CN[C@@H](CC(=O)O)c1cc(-c2c(C)cc(F)cc2C)cc(C)c1F. The van der Waals surface area contributed by atoms with Gasteiger partial charge in [0.15, 0.2) is 0 Å². The number of piperazine rings is 1. The lowest BCUT2D eigenvalue weighted by Gasteiger charge is -2.37. The maximum absolute atomic E-state index is 14.6. The van der Waals surface area contributed by atoms with Crippen LogP contribution in [0.1, 0.15) is 79.3 Å². The van der Waals surface area contributed by atoms with Crippen LogP contribution in [0, 0.1) is 38.3 Å². The first kappa shape index (κ1) is 41.0. The van der Waals surface area contributed by atoms with Gasteiger partial charge in [-0.15, -0.1) is 0 Å². The Morgan fingerprint density at radius 1 is 0.939 bits per heavy atom. The summed E-state index contributed by atoms with van der Waals surface area (Å²) in [5.74, 6) is -0.320. The number of aryl methyl sites for hydroxylation is 3. The number of hydrogen-bond donors (Lipinski definition) is 3. The van der Waals surface area contributed by atoms with Crippen molar-refractivity contribution < 1.29 is 28.3 Å². The van der Waals surface area contributed by atoms with Crippen molar-refractivity contribution in [3.63, 3.8) is 0 Å². The van der Waals surface area contributed by atoms with Crippen molar-refractivity contribution in [2.75, 3.05) is 44.7 Å². The Kier molecular flexibility index (Phi) is 16.5. The highest BCUT2D eigenvalue weighted by Gasteiger charge is 2.22. The van der Waals surface area contributed by atoms with Crippen LogP contribution in [0.2, 0.25) is 0 Å². The zero-order valence-corrected chi connectivity index (χ0v) is 30.2. The quantitative estimate of drug-likeness (QED) is 0.210. The number of nitrogens with one attached hydrogen (secondary N) is 2. The summed E-state index contributed by atoms with van der Waals surface area (Å²) < 4.78 is 28.1. The Morgan fingerprint density at radius 3 is 2.08 bits per heavy atom. The smallest absolute Gasteiger partial charge is 0.305 e. The highest BCUT2D eigenvalue weighted by atomic mass is 19.1. The number of carboxylic acid groups (broad SMARTS) is 1. The molecule has 1 fully saturated rings. The zero-order chi connectivity index (χ0) is 36.8. The first-order valence-electron chi connectivity index (χ1n) is 16.7. The van der Waals surface area contributed by atoms with Crippen LogP contribution >= 0.6 is 0 Å². The highest BCUT2D eigenvalue weighted by Crippen LogP contribution is 2.33. The van der Waals surface area contributed by atoms with Crippen LogP contribution in [0.5, 0.6) is 0 Å². The van der Waals surface area contributed by atoms with E-state index >= 15 is 0 Å². The van der Waals surface area contributed by atoms with E-state index in [0.717, 1.165) is 60.7 Å². The summed E-state index contributed by atoms with van der Waals surface area (Å²) in [6.45, 7) is 20.7. The van der Waals surface area contributed by atoms with Gasteiger partial charge in [-0.3, -0.25) is 14.5 Å². The van der Waals surface area contributed by atoms with Crippen LogP contribution in [-0.2, 0) is 9.59 Å². The Balaban J connectivity index is 0.000000324. The second kappa shape index (κ2) is 19.7. The second-order valence-corrected chi connectivity index (χ2v) is 13.0. The Bertz CT molecular complexity index is 1520. The van der Waals surface area contributed by atoms with Gasteiger partial charge < -0.3 is 25.4 Å². The van der Waals surface area contributed by atoms with Crippen molar-refractivity contribution >= 4 is 24.5 Å². The summed E-state index contributed by atoms with van der Waals surface area (Å²) in [4.78, 5) is 40.5. The number of rotatable bonds is 11. The minimum Gasteiger partial charge on any atom is -0.481 e. The van der Waals surface area contributed by atoms with E-state index in [9.17, 15) is 18.4 Å². The maximum Gasteiger partial charge on any atom is 0.305 e. The van der Waals surface area contributed by atoms with Crippen molar-refractivity contribution in [2.45, 2.75) is 73.4 Å². The van der Waals surface area contributed by atoms with Gasteiger partial charge in [-0.25, -0.2) is 13.8 Å². The molecule has 1 aliphatic rings. The van der Waals surface area contributed by atoms with E-state index < -0.39 is 17.8 Å². The second-order valence-electron chi connectivity index (χ2n) is 13.0. The maximum atomic E-state index is 14.6. The third kappa shape index (κ3) is 12.0. The number of aliphatic carboxylic acids is 1. The number of hydrogen-bond acceptors (Lipinski definition) is 7. The lowest BCUT2D eigenvalue weighted by atomic mass is 9.90. The summed E-state index contributed by atoms with van der Waals surface area (Å²) in [6.07, 6.45) is 0.764. The summed E-state index contributed by atoms with van der Waals surface area (Å²) in [5, 5.41) is 14.8. The summed E-state index contributed by atoms with van der Waals surface area (Å²) in [6, 6.07) is 11.9. The summed E-state index contributed by atoms with van der Waals surface area (Å²) in [5.41, 5.74) is 4.34. The van der Waals surface area contributed by atoms with E-state index in [2.05, 4.69) is 53.1 Å². The normalized spacial score (nSPS) is 13.7. The molecule has 0 bridgehead atoms. The molecule has 0 radical (unpaired) electrons. The largest absolute Gasteiger partial charge is 0.481 e. The van der Waals surface area contributed by atoms with Gasteiger partial charge in [0.2, 0.25) is 0 Å². The standard InChI is InChI=1S/C19H21F2NO2.C18H30N4O.CH2O/c1-10-6-14(20)7-11(2)18(10)13-5-12(3)19(21)15(8-13)16(22-4)9-17(23)24;1-14(2)8-9-19-18(23)16-6-5-7-17(20-16)22-12-10-21(11-13-22)15(3)4;1-2/h5-8,16,22H,9H2,1-4H3,(H,23,24);5-7,14-15H,8-13H2,1-4H3,(H,19,23);1H2/t16-;;/m0../s1. The molecule has 1 atom stereocenters. The number of aromatic nitrogens is 1. The number of carbonyl (C=O) groups excluding carboxylic acids is 2. The first-order valence-corrected chi connectivity index (χ1v) is 16.7. The third-order valence-corrected chi connectivity index (χ3v) is 8.51. The van der Waals surface area contributed by atoms with Crippen molar-refractivity contribution in [3.05, 3.63) is 82.0 Å². The number of carboxylic acids is 1. The van der Waals surface area contributed by atoms with Gasteiger partial charge in [-0.05, 0) is 118 Å². The molecule has 0 aliphatic carbocycles. The number of halogens is 2. The van der Waals surface area contributed by atoms with Gasteiger partial charge in [0.05, 0.1) is 6.42 Å². The van der Waals surface area contributed by atoms with Gasteiger partial charge in [0.1, 0.15) is 29.9 Å². The van der Waals surface area contributed by atoms with E-state index in [1.165, 1.54) is 12.1 Å². The van der Waals surface area contributed by atoms with E-state index in [1.54, 1.807) is 46.0 Å². The van der Waals surface area contributed by atoms with Crippen LogP contribution in [0.4, 0.5) is 14.6 Å². The molecule has 268 valence electrons. The minimum absolute atomic E-state index is 0.0756. The summed E-state index contributed by atoms with van der Waals surface area (Å²) >= 11 is 0. The van der Waals surface area contributed by atoms with Crippen LogP contribution < -0.4 is 15.5 Å². The molecular formula is C38H53F2N5O4. The van der Waals surface area contributed by atoms with Crippen LogP contribution in [0.15, 0.2) is 42.5 Å². The van der Waals surface area contributed by atoms with Crippen LogP contribution in [0.25, 0.3) is 11.1 Å². The number of anilines is 1. The molecule has 1 amide bonds. The molecule has 2 aromatic carbocycles. The number of nitrogens with zero attached hydrogens (tertiary/aromatic N) is 3. The summed E-state index contributed by atoms with van der Waals surface area (Å²) in [7, 11) is 1.60. The zero-order valence-electron chi connectivity index (χ0n) is 30.2. The van der Waals surface area contributed by atoms with Crippen molar-refractivity contribution in [1.29, 1.82) is 0 Å². The molecule has 3 N–H and O–H groups in total. The van der Waals surface area contributed by atoms with Gasteiger partial charge in [-0.1, -0.05) is 19.9 Å². The average Bonchev–Trinajstić information content (AvgIpc) is 3.05. The fourth-order valence-corrected chi connectivity index (χ4v) is 5.86. The van der Waals surface area contributed by atoms with Gasteiger partial charge in [0, 0.05) is 50.4 Å². The molecule has 11 heteroatoms. The van der Waals surface area contributed by atoms with Crippen molar-refractivity contribution in [3.8, 4) is 11.1 Å². The highest BCUT2D eigenvalue weighted by molar-refractivity contribution is 5.92. The fraction of sp³-hybridized carbons (Fsp3) is 0.474. The fourth-order valence-electron chi connectivity index (χ4n) is 5.86. The Morgan fingerprint density at radius 2 is 1.55 bits per heavy atom. The van der Waals surface area contributed by atoms with Gasteiger partial charge >= 0.3 is 5.97 Å². The van der Waals surface area contributed by atoms with E-state index in [-0.39, 0.29) is 18.1 Å². The molecule has 0 spiro atoms. The van der Waals surface area contributed by atoms with Gasteiger partial charge in [0.25, 0.3) is 5.91 Å². The molecular weight excluding hydrogens is 628 g/mol. The molecule has 49 heavy (non-hydrogen) atoms. The van der Waals surface area contributed by atoms with E-state index in [1.807, 2.05) is 18.9 Å². The molecule has 0 unspecified atom stereocenters. The topological polar surface area (TPSA) is 115 Å². The molecule has 3 aromatic rings. The predicted octanol–water partition coefficient (Wildman–Crippen LogP) is 6.50. The van der Waals surface area contributed by atoms with E-state index in [4.69, 9.17) is 9.90 Å². The lowest BCUT2D eigenvalue weighted by molar-refractivity contribution is -0.137. The van der Waals surface area contributed by atoms with Crippen molar-refractivity contribution in [1.82, 2.24) is 20.5 Å². The molecule has 1 aromatic heterocycles. The Hall–Kier alpha value is -4.22. The molecule has 9 nitrogen and oxygen atoms in total. The average molecular weight is 682 g/mol. The Labute approximate surface area is 290 Å². The minimum atomic E-state index is -1.01. The molecule has 2 heterocycles. The van der Waals surface area contributed by atoms with Crippen LogP contribution in [0.3, 0.4) is 0 Å². The first-order chi connectivity index (χ1) is 23.2. The molecule has 1 saturated heterocycles. The predicted molar refractivity (Wildman–Crippen MR) is 192 cm³/mol. The monoisotopic (exact) mass is 681 g/mol. The lowest BCUT2D eigenvalue weighted by Crippen LogP contribution is -2.49. The number of pyridine rings is 1. The molecule has 1 aliphatic heterocycles. The van der Waals surface area contributed by atoms with E-state index in [0.29, 0.717) is 35.3 Å². The molecule has 4 rings (SSSR count). The third-order valence-electron chi connectivity index (χ3n) is 8.51. The van der Waals surface area contributed by atoms with Gasteiger partial charge in [-0.2, -0.15) is 0 Å². The number of amides is 1. The molecule has 0 saturated carbocycles. The number of benzene rings is 2.